The van der Waals surface area contributed by atoms with Gasteiger partial charge in [0.1, 0.15) is 23.8 Å². The zero-order valence-electron chi connectivity index (χ0n) is 15.8. The van der Waals surface area contributed by atoms with Gasteiger partial charge in [0.05, 0.1) is 12.9 Å². The molecule has 1 aromatic carbocycles. The molecular weight excluding hydrogens is 394 g/mol. The summed E-state index contributed by atoms with van der Waals surface area (Å²) in [5, 5.41) is 32.4. The van der Waals surface area contributed by atoms with Crippen LogP contribution >= 0.6 is 0 Å². The lowest BCUT2D eigenvalue weighted by Gasteiger charge is -2.16. The van der Waals surface area contributed by atoms with Gasteiger partial charge in [-0.25, -0.2) is 4.98 Å². The molecule has 0 bridgehead atoms. The topological polar surface area (TPSA) is 163 Å². The lowest BCUT2D eigenvalue weighted by molar-refractivity contribution is -0.0509. The fourth-order valence-electron chi connectivity index (χ4n) is 3.45. The molecule has 4 rings (SSSR count). The maximum absolute atomic E-state index is 12.8. The Morgan fingerprint density at radius 3 is 2.63 bits per heavy atom. The van der Waals surface area contributed by atoms with Crippen molar-refractivity contribution in [3.05, 3.63) is 62.9 Å². The number of hydrogen-bond acceptors (Lipinski definition) is 9. The van der Waals surface area contributed by atoms with Gasteiger partial charge in [-0.3, -0.25) is 19.1 Å². The average molecular weight is 415 g/mol. The highest BCUT2D eigenvalue weighted by atomic mass is 16.6. The summed E-state index contributed by atoms with van der Waals surface area (Å²) in [5.74, 6) is -0.00774. The monoisotopic (exact) mass is 415 g/mol. The van der Waals surface area contributed by atoms with Gasteiger partial charge < -0.3 is 25.4 Å². The first-order chi connectivity index (χ1) is 14.5. The van der Waals surface area contributed by atoms with E-state index in [9.17, 15) is 24.9 Å². The molecule has 5 N–H and O–H groups in total. The second-order valence-corrected chi connectivity index (χ2v) is 6.96. The van der Waals surface area contributed by atoms with Crippen molar-refractivity contribution in [2.75, 3.05) is 18.5 Å². The van der Waals surface area contributed by atoms with Crippen LogP contribution in [0, 0.1) is 0 Å². The average Bonchev–Trinajstić information content (AvgIpc) is 3.27. The molecule has 3 aromatic rings. The third-order valence-electron chi connectivity index (χ3n) is 5.00. The lowest BCUT2D eigenvalue weighted by atomic mass is 10.1. The zero-order valence-corrected chi connectivity index (χ0v) is 15.8. The van der Waals surface area contributed by atoms with Gasteiger partial charge in [-0.1, -0.05) is 30.3 Å². The summed E-state index contributed by atoms with van der Waals surface area (Å²) in [7, 11) is 0. The summed E-state index contributed by atoms with van der Waals surface area (Å²) in [6, 6.07) is 9.68. The van der Waals surface area contributed by atoms with Crippen molar-refractivity contribution in [1.29, 1.82) is 0 Å². The van der Waals surface area contributed by atoms with E-state index < -0.39 is 42.3 Å². The molecule has 1 saturated heterocycles. The van der Waals surface area contributed by atoms with Crippen molar-refractivity contribution in [3.8, 4) is 0 Å². The molecule has 0 spiro atoms. The molecule has 11 nitrogen and oxygen atoms in total. The molecule has 4 atom stereocenters. The number of aliphatic hydroxyl groups is 3. The van der Waals surface area contributed by atoms with Crippen LogP contribution in [0.15, 0.2) is 46.2 Å². The Bertz CT molecular complexity index is 1150. The van der Waals surface area contributed by atoms with E-state index in [4.69, 9.17) is 4.74 Å². The molecule has 3 heterocycles. The van der Waals surface area contributed by atoms with Gasteiger partial charge >= 0.3 is 5.56 Å². The minimum atomic E-state index is -1.42. The largest absolute Gasteiger partial charge is 0.394 e. The Balaban J connectivity index is 1.64. The number of anilines is 1. The van der Waals surface area contributed by atoms with Crippen LogP contribution in [0.3, 0.4) is 0 Å². The standard InChI is InChI=1S/C19H21N5O6/c25-8-11-14(26)15(27)18(30-11)24-9-21-12-13(24)17(29)23-19(22-16(12)28)20-7-6-10-4-2-1-3-5-10/h1-5,9,11,14-15,18,25-27H,6-8H2,(H2,20,22,23,28,29)/t11-,14-,15-,18-/m1/s1. The van der Waals surface area contributed by atoms with E-state index in [0.717, 1.165) is 16.5 Å². The number of aromatic amines is 1. The molecule has 2 aromatic heterocycles. The van der Waals surface area contributed by atoms with Crippen LogP contribution in [-0.2, 0) is 11.2 Å². The Labute approximate surface area is 169 Å². The summed E-state index contributed by atoms with van der Waals surface area (Å²) in [4.78, 5) is 35.6. The number of ether oxygens (including phenoxy) is 1. The van der Waals surface area contributed by atoms with Crippen LogP contribution < -0.4 is 16.4 Å². The molecule has 158 valence electrons. The molecule has 30 heavy (non-hydrogen) atoms. The van der Waals surface area contributed by atoms with Crippen LogP contribution in [0.1, 0.15) is 11.8 Å². The summed E-state index contributed by atoms with van der Waals surface area (Å²) < 4.78 is 6.60. The number of hydrogen-bond donors (Lipinski definition) is 5. The highest BCUT2D eigenvalue weighted by Crippen LogP contribution is 2.30. The number of aliphatic hydroxyl groups excluding tert-OH is 3. The molecule has 0 aliphatic carbocycles. The lowest BCUT2D eigenvalue weighted by Crippen LogP contribution is -2.33. The van der Waals surface area contributed by atoms with Crippen LogP contribution in [0.2, 0.25) is 0 Å². The van der Waals surface area contributed by atoms with E-state index in [1.54, 1.807) is 0 Å². The maximum Gasteiger partial charge on any atom is 0.301 e. The van der Waals surface area contributed by atoms with Gasteiger partial charge in [0.2, 0.25) is 5.95 Å². The molecule has 0 radical (unpaired) electrons. The predicted molar refractivity (Wildman–Crippen MR) is 106 cm³/mol. The second kappa shape index (κ2) is 8.32. The maximum atomic E-state index is 12.8. The number of nitrogens with zero attached hydrogens (tertiary/aromatic N) is 3. The number of nitrogens with one attached hydrogen (secondary N) is 2. The fourth-order valence-corrected chi connectivity index (χ4v) is 3.45. The van der Waals surface area contributed by atoms with Crippen molar-refractivity contribution in [2.45, 2.75) is 31.0 Å². The van der Waals surface area contributed by atoms with Gasteiger partial charge in [-0.05, 0) is 12.0 Å². The highest BCUT2D eigenvalue weighted by Gasteiger charge is 2.44. The van der Waals surface area contributed by atoms with Crippen molar-refractivity contribution in [1.82, 2.24) is 19.5 Å². The second-order valence-electron chi connectivity index (χ2n) is 6.96. The molecule has 11 heteroatoms. The van der Waals surface area contributed by atoms with Gasteiger partial charge in [-0.15, -0.1) is 0 Å². The van der Waals surface area contributed by atoms with Crippen LogP contribution in [0.4, 0.5) is 5.95 Å². The van der Waals surface area contributed by atoms with E-state index >= 15 is 0 Å². The van der Waals surface area contributed by atoms with Crippen molar-refractivity contribution < 1.29 is 20.1 Å². The summed E-state index contributed by atoms with van der Waals surface area (Å²) in [6.45, 7) is -0.0851. The SMILES string of the molecule is O=c1nc(NCCc2ccccc2)[nH]c(=O)c2c1ncn2[C@@H]1O[C@H](CO)[C@@H](O)[C@H]1O. The van der Waals surface area contributed by atoms with E-state index in [0.29, 0.717) is 13.0 Å². The quantitative estimate of drug-likeness (QED) is 0.331. The van der Waals surface area contributed by atoms with E-state index in [-0.39, 0.29) is 17.0 Å². The fraction of sp³-hybridized carbons (Fsp3) is 0.368. The first-order valence-electron chi connectivity index (χ1n) is 9.41. The van der Waals surface area contributed by atoms with Crippen LogP contribution in [0.5, 0.6) is 0 Å². The van der Waals surface area contributed by atoms with Gasteiger partial charge in [0.15, 0.2) is 11.7 Å². The molecule has 0 unspecified atom stereocenters. The summed E-state index contributed by atoms with van der Waals surface area (Å²) in [6.07, 6.45) is -3.18. The van der Waals surface area contributed by atoms with Crippen LogP contribution in [-0.4, -0.2) is 66.3 Å². The van der Waals surface area contributed by atoms with Crippen LogP contribution in [0.25, 0.3) is 11.0 Å². The Morgan fingerprint density at radius 2 is 1.93 bits per heavy atom. The number of H-pyrrole nitrogens is 1. The number of benzene rings is 1. The minimum absolute atomic E-state index is 0.00774. The molecule has 0 saturated carbocycles. The highest BCUT2D eigenvalue weighted by molar-refractivity contribution is 5.73. The molecule has 1 fully saturated rings. The van der Waals surface area contributed by atoms with Crippen molar-refractivity contribution in [3.63, 3.8) is 0 Å². The molecule has 1 aliphatic heterocycles. The van der Waals surface area contributed by atoms with Gasteiger partial charge in [0.25, 0.3) is 5.56 Å². The number of fused-ring (bicyclic) bond motifs is 1. The zero-order chi connectivity index (χ0) is 21.3. The first-order valence-corrected chi connectivity index (χ1v) is 9.41. The summed E-state index contributed by atoms with van der Waals surface area (Å²) >= 11 is 0. The molecule has 1 aliphatic rings. The number of imidazole rings is 1. The third-order valence-corrected chi connectivity index (χ3v) is 5.00. The normalized spacial score (nSPS) is 23.7. The van der Waals surface area contributed by atoms with E-state index in [2.05, 4.69) is 20.3 Å². The summed E-state index contributed by atoms with van der Waals surface area (Å²) in [5.41, 5.74) is -0.686. The predicted octanol–water partition coefficient (Wildman–Crippen LogP) is -1.25. The third kappa shape index (κ3) is 3.71. The van der Waals surface area contributed by atoms with Gasteiger partial charge in [0, 0.05) is 6.54 Å². The number of aromatic nitrogens is 4. The first kappa shape index (κ1) is 20.2. The molecular formula is C19H21N5O6. The van der Waals surface area contributed by atoms with Crippen molar-refractivity contribution in [2.24, 2.45) is 0 Å². The van der Waals surface area contributed by atoms with Gasteiger partial charge in [-0.2, -0.15) is 4.98 Å². The number of rotatable bonds is 6. The Hall–Kier alpha value is -3.12. The Kier molecular flexibility index (Phi) is 5.59. The Morgan fingerprint density at radius 1 is 1.17 bits per heavy atom. The van der Waals surface area contributed by atoms with E-state index in [1.807, 2.05) is 30.3 Å². The molecule has 0 amide bonds. The van der Waals surface area contributed by atoms with Crippen molar-refractivity contribution >= 4 is 17.0 Å². The smallest absolute Gasteiger partial charge is 0.301 e. The van der Waals surface area contributed by atoms with E-state index in [1.165, 1.54) is 0 Å². The minimum Gasteiger partial charge on any atom is -0.394 e.